The van der Waals surface area contributed by atoms with Crippen LogP contribution in [0.1, 0.15) is 35.7 Å². The summed E-state index contributed by atoms with van der Waals surface area (Å²) in [5.74, 6) is -1.45. The highest BCUT2D eigenvalue weighted by atomic mass is 19.2. The van der Waals surface area contributed by atoms with Gasteiger partial charge in [0.15, 0.2) is 17.5 Å². The monoisotopic (exact) mass is 437 g/mol. The highest BCUT2D eigenvalue weighted by molar-refractivity contribution is 5.62. The van der Waals surface area contributed by atoms with E-state index in [4.69, 9.17) is 4.74 Å². The average Bonchev–Trinajstić information content (AvgIpc) is 3.25. The number of rotatable bonds is 7. The van der Waals surface area contributed by atoms with E-state index in [0.717, 1.165) is 17.2 Å². The first-order valence-electron chi connectivity index (χ1n) is 9.96. The summed E-state index contributed by atoms with van der Waals surface area (Å²) in [4.78, 5) is 14.1. The minimum atomic E-state index is -0.905. The van der Waals surface area contributed by atoms with E-state index in [9.17, 15) is 13.6 Å². The van der Waals surface area contributed by atoms with Gasteiger partial charge in [-0.25, -0.2) is 13.6 Å². The molecule has 164 valence electrons. The number of methoxy groups -OCH3 is 1. The fourth-order valence-corrected chi connectivity index (χ4v) is 3.60. The summed E-state index contributed by atoms with van der Waals surface area (Å²) in [6.45, 7) is 1.86. The van der Waals surface area contributed by atoms with Crippen LogP contribution in [0.3, 0.4) is 0 Å². The van der Waals surface area contributed by atoms with E-state index in [0.29, 0.717) is 22.7 Å². The number of nitrogens with one attached hydrogen (secondary N) is 2. The Hall–Kier alpha value is -3.78. The summed E-state index contributed by atoms with van der Waals surface area (Å²) in [5, 5.41) is 7.31. The van der Waals surface area contributed by atoms with Crippen LogP contribution < -0.4 is 15.8 Å². The topological polar surface area (TPSA) is 80.2 Å². The van der Waals surface area contributed by atoms with Gasteiger partial charge in [0.05, 0.1) is 13.2 Å². The predicted molar refractivity (Wildman–Crippen MR) is 115 cm³/mol. The largest absolute Gasteiger partial charge is 0.497 e. The van der Waals surface area contributed by atoms with Crippen LogP contribution in [0.25, 0.3) is 11.4 Å². The third-order valence-corrected chi connectivity index (χ3v) is 5.28. The van der Waals surface area contributed by atoms with Crippen molar-refractivity contribution < 1.29 is 18.0 Å². The lowest BCUT2D eigenvalue weighted by molar-refractivity contribution is 0.388. The highest BCUT2D eigenvalue weighted by Crippen LogP contribution is 2.33. The zero-order chi connectivity index (χ0) is 22.7. The van der Waals surface area contributed by atoms with Crippen molar-refractivity contribution in [3.8, 4) is 17.1 Å². The van der Waals surface area contributed by atoms with Crippen LogP contribution in [-0.2, 0) is 0 Å². The standard InChI is InChI=1S/C24H21F2N3O3/c1-14(16-9-12-20(25)21(26)13-16)27-22(15-7-10-17(31-2)11-8-15)18-5-3-4-6-19(18)23-28-24(30)32-29-23/h3-14,22,27H,1-2H3,(H,28,29,30). The smallest absolute Gasteiger partial charge is 0.439 e. The van der Waals surface area contributed by atoms with Crippen molar-refractivity contribution in [2.75, 3.05) is 7.11 Å². The number of hydrogen-bond acceptors (Lipinski definition) is 5. The fourth-order valence-electron chi connectivity index (χ4n) is 3.60. The molecule has 0 amide bonds. The van der Waals surface area contributed by atoms with Crippen molar-refractivity contribution in [1.82, 2.24) is 15.5 Å². The van der Waals surface area contributed by atoms with Gasteiger partial charge in [-0.2, -0.15) is 0 Å². The van der Waals surface area contributed by atoms with Crippen molar-refractivity contribution in [2.45, 2.75) is 19.0 Å². The first-order valence-corrected chi connectivity index (χ1v) is 9.96. The predicted octanol–water partition coefficient (Wildman–Crippen LogP) is 4.76. The van der Waals surface area contributed by atoms with E-state index in [-0.39, 0.29) is 12.1 Å². The molecule has 0 aliphatic carbocycles. The number of benzene rings is 3. The van der Waals surface area contributed by atoms with E-state index < -0.39 is 17.4 Å². The zero-order valence-electron chi connectivity index (χ0n) is 17.4. The second-order valence-electron chi connectivity index (χ2n) is 7.30. The molecule has 0 saturated carbocycles. The van der Waals surface area contributed by atoms with Gasteiger partial charge in [0, 0.05) is 11.6 Å². The summed E-state index contributed by atoms with van der Waals surface area (Å²) < 4.78 is 37.2. The molecule has 0 bridgehead atoms. The Bertz CT molecular complexity index is 1270. The van der Waals surface area contributed by atoms with Gasteiger partial charge in [-0.05, 0) is 47.9 Å². The van der Waals surface area contributed by atoms with Crippen molar-refractivity contribution in [1.29, 1.82) is 0 Å². The lowest BCUT2D eigenvalue weighted by Gasteiger charge is -2.26. The lowest BCUT2D eigenvalue weighted by Crippen LogP contribution is -2.26. The van der Waals surface area contributed by atoms with Crippen LogP contribution in [0.15, 0.2) is 76.0 Å². The molecule has 2 unspecified atom stereocenters. The Labute approximate surface area is 182 Å². The number of halogens is 2. The minimum Gasteiger partial charge on any atom is -0.497 e. The fraction of sp³-hybridized carbons (Fsp3) is 0.167. The van der Waals surface area contributed by atoms with E-state index >= 15 is 0 Å². The van der Waals surface area contributed by atoms with Gasteiger partial charge < -0.3 is 4.74 Å². The van der Waals surface area contributed by atoms with Crippen molar-refractivity contribution in [3.05, 3.63) is 106 Å². The highest BCUT2D eigenvalue weighted by Gasteiger charge is 2.23. The molecule has 1 aromatic heterocycles. The minimum absolute atomic E-state index is 0.298. The maximum atomic E-state index is 13.8. The molecule has 0 aliphatic heterocycles. The Morgan fingerprint density at radius 2 is 1.72 bits per heavy atom. The van der Waals surface area contributed by atoms with Crippen LogP contribution >= 0.6 is 0 Å². The summed E-state index contributed by atoms with van der Waals surface area (Å²) in [5.41, 5.74) is 2.98. The molecule has 6 nitrogen and oxygen atoms in total. The average molecular weight is 437 g/mol. The summed E-state index contributed by atoms with van der Waals surface area (Å²) in [6, 6.07) is 18.1. The number of nitrogens with zero attached hydrogens (tertiary/aromatic N) is 1. The first kappa shape index (κ1) is 21.5. The van der Waals surface area contributed by atoms with Crippen molar-refractivity contribution >= 4 is 0 Å². The third-order valence-electron chi connectivity index (χ3n) is 5.28. The quantitative estimate of drug-likeness (QED) is 0.436. The van der Waals surface area contributed by atoms with Crippen molar-refractivity contribution in [2.24, 2.45) is 0 Å². The van der Waals surface area contributed by atoms with Gasteiger partial charge in [0.25, 0.3) is 0 Å². The molecule has 0 radical (unpaired) electrons. The second-order valence-corrected chi connectivity index (χ2v) is 7.30. The molecule has 4 aromatic rings. The maximum absolute atomic E-state index is 13.8. The number of H-pyrrole nitrogens is 1. The molecule has 2 N–H and O–H groups in total. The SMILES string of the molecule is COc1ccc(C(NC(C)c2ccc(F)c(F)c2)c2ccccc2-c2noc(=O)[nH]2)cc1. The van der Waals surface area contributed by atoms with Crippen LogP contribution in [0.4, 0.5) is 8.78 Å². The number of hydrogen-bond donors (Lipinski definition) is 2. The molecule has 0 fully saturated rings. The molecule has 2 atom stereocenters. The molecule has 8 heteroatoms. The molecular weight excluding hydrogens is 416 g/mol. The maximum Gasteiger partial charge on any atom is 0.439 e. The molecule has 0 aliphatic rings. The van der Waals surface area contributed by atoms with Crippen LogP contribution in [0.2, 0.25) is 0 Å². The zero-order valence-corrected chi connectivity index (χ0v) is 17.4. The van der Waals surface area contributed by atoms with Gasteiger partial charge >= 0.3 is 5.76 Å². The van der Waals surface area contributed by atoms with Crippen LogP contribution in [0.5, 0.6) is 5.75 Å². The van der Waals surface area contributed by atoms with Crippen molar-refractivity contribution in [3.63, 3.8) is 0 Å². The molecule has 0 saturated heterocycles. The Morgan fingerprint density at radius 1 is 1.00 bits per heavy atom. The first-order chi connectivity index (χ1) is 15.5. The molecule has 3 aromatic carbocycles. The number of aromatic amines is 1. The van der Waals surface area contributed by atoms with E-state index in [1.165, 1.54) is 6.07 Å². The van der Waals surface area contributed by atoms with Gasteiger partial charge in [0.2, 0.25) is 0 Å². The van der Waals surface area contributed by atoms with E-state index in [1.807, 2.05) is 55.5 Å². The Balaban J connectivity index is 1.78. The van der Waals surface area contributed by atoms with Gasteiger partial charge in [-0.3, -0.25) is 14.8 Å². The van der Waals surface area contributed by atoms with Gasteiger partial charge in [-0.15, -0.1) is 0 Å². The third kappa shape index (κ3) is 4.45. The molecular formula is C24H21F2N3O3. The van der Waals surface area contributed by atoms with Crippen LogP contribution in [-0.4, -0.2) is 17.3 Å². The summed E-state index contributed by atoms with van der Waals surface area (Å²) >= 11 is 0. The molecule has 1 heterocycles. The van der Waals surface area contributed by atoms with Gasteiger partial charge in [-0.1, -0.05) is 47.6 Å². The number of aromatic nitrogens is 2. The lowest BCUT2D eigenvalue weighted by atomic mass is 9.92. The van der Waals surface area contributed by atoms with E-state index in [1.54, 1.807) is 13.2 Å². The normalized spacial score (nSPS) is 13.0. The summed E-state index contributed by atoms with van der Waals surface area (Å²) in [7, 11) is 1.59. The Kier molecular flexibility index (Phi) is 6.13. The second kappa shape index (κ2) is 9.15. The molecule has 32 heavy (non-hydrogen) atoms. The number of ether oxygens (including phenoxy) is 1. The molecule has 0 spiro atoms. The summed E-state index contributed by atoms with van der Waals surface area (Å²) in [6.07, 6.45) is 0. The van der Waals surface area contributed by atoms with Crippen LogP contribution in [0, 0.1) is 11.6 Å². The Morgan fingerprint density at radius 3 is 2.38 bits per heavy atom. The molecule has 4 rings (SSSR count). The van der Waals surface area contributed by atoms with Gasteiger partial charge in [0.1, 0.15) is 5.75 Å². The van der Waals surface area contributed by atoms with E-state index in [2.05, 4.69) is 20.0 Å².